The molecule has 1 amide bonds. The number of amides is 1. The first-order valence-corrected chi connectivity index (χ1v) is 6.47. The molecule has 0 aliphatic carbocycles. The number of nitrogens with two attached hydrogens (primary N) is 1. The highest BCUT2D eigenvalue weighted by Crippen LogP contribution is 2.21. The molecule has 4 nitrogen and oxygen atoms in total. The van der Waals surface area contributed by atoms with Crippen LogP contribution in [0.5, 0.6) is 5.75 Å². The average molecular weight is 248 g/mol. The van der Waals surface area contributed by atoms with E-state index < -0.39 is 0 Å². The molecule has 1 saturated heterocycles. The summed E-state index contributed by atoms with van der Waals surface area (Å²) in [6, 6.07) is 9.22. The second-order valence-corrected chi connectivity index (χ2v) is 4.80. The van der Waals surface area contributed by atoms with Crippen LogP contribution >= 0.6 is 0 Å². The SMILES string of the molecule is CC(N)C1CCCCN1C(=O)Oc1ccccc1. The molecule has 18 heavy (non-hydrogen) atoms. The molecule has 0 spiro atoms. The zero-order valence-electron chi connectivity index (χ0n) is 10.7. The van der Waals surface area contributed by atoms with Crippen molar-refractivity contribution in [3.05, 3.63) is 30.3 Å². The average Bonchev–Trinajstić information content (AvgIpc) is 2.40. The molecule has 2 atom stereocenters. The van der Waals surface area contributed by atoms with Crippen molar-refractivity contribution in [1.29, 1.82) is 0 Å². The van der Waals surface area contributed by atoms with Crippen molar-refractivity contribution >= 4 is 6.09 Å². The largest absolute Gasteiger partial charge is 0.415 e. The van der Waals surface area contributed by atoms with Crippen LogP contribution in [0.25, 0.3) is 0 Å². The second kappa shape index (κ2) is 5.87. The van der Waals surface area contributed by atoms with Crippen LogP contribution in [0.1, 0.15) is 26.2 Å². The molecule has 2 N–H and O–H groups in total. The minimum atomic E-state index is -0.289. The Morgan fingerprint density at radius 3 is 2.78 bits per heavy atom. The topological polar surface area (TPSA) is 55.6 Å². The van der Waals surface area contributed by atoms with Crippen molar-refractivity contribution < 1.29 is 9.53 Å². The Hall–Kier alpha value is -1.55. The van der Waals surface area contributed by atoms with Gasteiger partial charge in [0.15, 0.2) is 0 Å². The van der Waals surface area contributed by atoms with Crippen LogP contribution in [-0.2, 0) is 0 Å². The lowest BCUT2D eigenvalue weighted by atomic mass is 9.97. The smallest absolute Gasteiger partial charge is 0.410 e. The molecule has 0 radical (unpaired) electrons. The van der Waals surface area contributed by atoms with E-state index in [9.17, 15) is 4.79 Å². The summed E-state index contributed by atoms with van der Waals surface area (Å²) in [4.78, 5) is 13.9. The number of ether oxygens (including phenoxy) is 1. The van der Waals surface area contributed by atoms with E-state index in [1.165, 1.54) is 0 Å². The molecule has 2 rings (SSSR count). The van der Waals surface area contributed by atoms with Crippen molar-refractivity contribution in [3.8, 4) is 5.75 Å². The van der Waals surface area contributed by atoms with Gasteiger partial charge < -0.3 is 15.4 Å². The highest BCUT2D eigenvalue weighted by Gasteiger charge is 2.30. The third kappa shape index (κ3) is 3.01. The molecule has 0 aromatic heterocycles. The van der Waals surface area contributed by atoms with Gasteiger partial charge in [0.25, 0.3) is 0 Å². The van der Waals surface area contributed by atoms with Gasteiger partial charge in [0, 0.05) is 18.6 Å². The third-order valence-electron chi connectivity index (χ3n) is 3.34. The van der Waals surface area contributed by atoms with Gasteiger partial charge in [-0.3, -0.25) is 0 Å². The number of para-hydroxylation sites is 1. The number of carbonyl (C=O) groups is 1. The van der Waals surface area contributed by atoms with Crippen molar-refractivity contribution in [2.45, 2.75) is 38.3 Å². The number of rotatable bonds is 2. The number of likely N-dealkylation sites (tertiary alicyclic amines) is 1. The summed E-state index contributed by atoms with van der Waals surface area (Å²) >= 11 is 0. The monoisotopic (exact) mass is 248 g/mol. The lowest BCUT2D eigenvalue weighted by Gasteiger charge is -2.37. The van der Waals surface area contributed by atoms with E-state index in [0.717, 1.165) is 25.8 Å². The van der Waals surface area contributed by atoms with Gasteiger partial charge in [-0.25, -0.2) is 4.79 Å². The van der Waals surface area contributed by atoms with E-state index in [0.29, 0.717) is 5.75 Å². The minimum absolute atomic E-state index is 0.0198. The number of nitrogens with zero attached hydrogens (tertiary/aromatic N) is 1. The van der Waals surface area contributed by atoms with Crippen molar-refractivity contribution in [2.75, 3.05) is 6.54 Å². The molecule has 98 valence electrons. The summed E-state index contributed by atoms with van der Waals surface area (Å²) in [6.45, 7) is 2.68. The van der Waals surface area contributed by atoms with Gasteiger partial charge in [0.1, 0.15) is 5.75 Å². The van der Waals surface area contributed by atoms with Gasteiger partial charge >= 0.3 is 6.09 Å². The molecule has 1 fully saturated rings. The maximum atomic E-state index is 12.1. The first-order valence-electron chi connectivity index (χ1n) is 6.47. The molecule has 4 heteroatoms. The van der Waals surface area contributed by atoms with Crippen LogP contribution in [0, 0.1) is 0 Å². The Bertz CT molecular complexity index is 392. The fraction of sp³-hybridized carbons (Fsp3) is 0.500. The second-order valence-electron chi connectivity index (χ2n) is 4.80. The molecule has 0 saturated carbocycles. The van der Waals surface area contributed by atoms with Gasteiger partial charge in [0.05, 0.1) is 0 Å². The van der Waals surface area contributed by atoms with E-state index in [1.807, 2.05) is 25.1 Å². The van der Waals surface area contributed by atoms with Gasteiger partial charge in [0.2, 0.25) is 0 Å². The highest BCUT2D eigenvalue weighted by atomic mass is 16.6. The molecular formula is C14H20N2O2. The Kier molecular flexibility index (Phi) is 4.20. The Labute approximate surface area is 108 Å². The Morgan fingerprint density at radius 1 is 1.39 bits per heavy atom. The first-order chi connectivity index (χ1) is 8.68. The van der Waals surface area contributed by atoms with E-state index in [2.05, 4.69) is 0 Å². The molecule has 1 aliphatic rings. The standard InChI is InChI=1S/C14H20N2O2/c1-11(15)13-9-5-6-10-16(13)14(17)18-12-7-3-2-4-8-12/h2-4,7-8,11,13H,5-6,9-10,15H2,1H3. The van der Waals surface area contributed by atoms with Gasteiger partial charge in [-0.2, -0.15) is 0 Å². The first kappa shape index (κ1) is 12.9. The molecule has 1 aromatic rings. The lowest BCUT2D eigenvalue weighted by Crippen LogP contribution is -2.52. The van der Waals surface area contributed by atoms with Crippen LogP contribution in [-0.4, -0.2) is 29.6 Å². The highest BCUT2D eigenvalue weighted by molar-refractivity contribution is 5.71. The van der Waals surface area contributed by atoms with E-state index in [4.69, 9.17) is 10.5 Å². The van der Waals surface area contributed by atoms with Crippen LogP contribution < -0.4 is 10.5 Å². The van der Waals surface area contributed by atoms with Gasteiger partial charge in [-0.15, -0.1) is 0 Å². The van der Waals surface area contributed by atoms with E-state index >= 15 is 0 Å². The number of piperidine rings is 1. The summed E-state index contributed by atoms with van der Waals surface area (Å²) in [7, 11) is 0. The van der Waals surface area contributed by atoms with E-state index in [1.54, 1.807) is 17.0 Å². The van der Waals surface area contributed by atoms with Gasteiger partial charge in [-0.1, -0.05) is 18.2 Å². The zero-order valence-corrected chi connectivity index (χ0v) is 10.7. The number of carbonyl (C=O) groups excluding carboxylic acids is 1. The normalized spacial score (nSPS) is 21.4. The Morgan fingerprint density at radius 2 is 2.11 bits per heavy atom. The molecule has 1 heterocycles. The Balaban J connectivity index is 2.02. The summed E-state index contributed by atoms with van der Waals surface area (Å²) in [6.07, 6.45) is 2.82. The summed E-state index contributed by atoms with van der Waals surface area (Å²) in [5, 5.41) is 0. The summed E-state index contributed by atoms with van der Waals surface area (Å²) in [5.41, 5.74) is 5.94. The molecule has 1 aromatic carbocycles. The summed E-state index contributed by atoms with van der Waals surface area (Å²) < 4.78 is 5.37. The quantitative estimate of drug-likeness (QED) is 0.874. The number of hydrogen-bond donors (Lipinski definition) is 1. The minimum Gasteiger partial charge on any atom is -0.410 e. The van der Waals surface area contributed by atoms with Crippen LogP contribution in [0.2, 0.25) is 0 Å². The van der Waals surface area contributed by atoms with Crippen molar-refractivity contribution in [3.63, 3.8) is 0 Å². The summed E-state index contributed by atoms with van der Waals surface area (Å²) in [5.74, 6) is 0.580. The lowest BCUT2D eigenvalue weighted by molar-refractivity contribution is 0.105. The van der Waals surface area contributed by atoms with Gasteiger partial charge in [-0.05, 0) is 38.3 Å². The number of benzene rings is 1. The van der Waals surface area contributed by atoms with Crippen LogP contribution in [0.3, 0.4) is 0 Å². The molecule has 0 bridgehead atoms. The fourth-order valence-electron chi connectivity index (χ4n) is 2.38. The number of hydrogen-bond acceptors (Lipinski definition) is 3. The fourth-order valence-corrected chi connectivity index (χ4v) is 2.38. The zero-order chi connectivity index (χ0) is 13.0. The predicted molar refractivity (Wildman–Crippen MR) is 70.5 cm³/mol. The maximum Gasteiger partial charge on any atom is 0.415 e. The maximum absolute atomic E-state index is 12.1. The predicted octanol–water partition coefficient (Wildman–Crippen LogP) is 2.39. The van der Waals surface area contributed by atoms with Crippen molar-refractivity contribution in [1.82, 2.24) is 4.90 Å². The third-order valence-corrected chi connectivity index (χ3v) is 3.34. The molecular weight excluding hydrogens is 228 g/mol. The van der Waals surface area contributed by atoms with Crippen LogP contribution in [0.15, 0.2) is 30.3 Å². The van der Waals surface area contributed by atoms with Crippen LogP contribution in [0.4, 0.5) is 4.79 Å². The van der Waals surface area contributed by atoms with E-state index in [-0.39, 0.29) is 18.2 Å². The molecule has 1 aliphatic heterocycles. The van der Waals surface area contributed by atoms with Crippen molar-refractivity contribution in [2.24, 2.45) is 5.73 Å². The molecule has 2 unspecified atom stereocenters.